The van der Waals surface area contributed by atoms with E-state index in [1.54, 1.807) is 23.1 Å². The minimum Gasteiger partial charge on any atom is -0.375 e. The van der Waals surface area contributed by atoms with E-state index in [1.807, 2.05) is 19.9 Å². The molecule has 0 radical (unpaired) electrons. The Kier molecular flexibility index (Phi) is 4.43. The molecule has 122 valence electrons. The molecule has 23 heavy (non-hydrogen) atoms. The average molecular weight is 315 g/mol. The molecule has 0 spiro atoms. The first-order chi connectivity index (χ1) is 11.2. The minimum absolute atomic E-state index is 0.0658. The number of nitrogens with zero attached hydrogens (tertiary/aromatic N) is 3. The van der Waals surface area contributed by atoms with Gasteiger partial charge in [-0.3, -0.25) is 9.59 Å². The first-order valence-electron chi connectivity index (χ1n) is 8.06. The van der Waals surface area contributed by atoms with Gasteiger partial charge in [-0.05, 0) is 19.4 Å². The first-order valence-corrected chi connectivity index (χ1v) is 8.06. The van der Waals surface area contributed by atoms with E-state index in [2.05, 4.69) is 5.10 Å². The lowest BCUT2D eigenvalue weighted by atomic mass is 10.1. The number of rotatable bonds is 3. The van der Waals surface area contributed by atoms with Crippen LogP contribution in [0.4, 0.5) is 0 Å². The molecule has 0 unspecified atom stereocenters. The Morgan fingerprint density at radius 2 is 2.04 bits per heavy atom. The van der Waals surface area contributed by atoms with Gasteiger partial charge in [-0.25, -0.2) is 4.68 Å². The summed E-state index contributed by atoms with van der Waals surface area (Å²) in [6.45, 7) is 5.98. The standard InChI is InChI=1S/C17H21N3O3/c1-3-12-11-19(9-10-23-12)17(22)15-13-7-5-6-8-14(13)16(21)20(4-2)18-15/h5-8,12H,3-4,9-11H2,1-2H3/t12-/m0/s1. The lowest BCUT2D eigenvalue weighted by molar-refractivity contribution is -0.0228. The van der Waals surface area contributed by atoms with Crippen molar-refractivity contribution in [1.29, 1.82) is 0 Å². The number of ether oxygens (including phenoxy) is 1. The van der Waals surface area contributed by atoms with Crippen molar-refractivity contribution < 1.29 is 9.53 Å². The summed E-state index contributed by atoms with van der Waals surface area (Å²) in [6.07, 6.45) is 0.933. The molecule has 1 amide bonds. The molecule has 6 heteroatoms. The summed E-state index contributed by atoms with van der Waals surface area (Å²) >= 11 is 0. The average Bonchev–Trinajstić information content (AvgIpc) is 2.62. The van der Waals surface area contributed by atoms with Crippen LogP contribution in [-0.4, -0.2) is 46.4 Å². The minimum atomic E-state index is -0.159. The van der Waals surface area contributed by atoms with Gasteiger partial charge in [0, 0.05) is 25.0 Å². The molecule has 1 saturated heterocycles. The zero-order valence-corrected chi connectivity index (χ0v) is 13.5. The molecule has 1 aliphatic heterocycles. The van der Waals surface area contributed by atoms with Crippen molar-refractivity contribution in [1.82, 2.24) is 14.7 Å². The number of carbonyl (C=O) groups is 1. The van der Waals surface area contributed by atoms with Crippen LogP contribution in [0.1, 0.15) is 30.8 Å². The van der Waals surface area contributed by atoms with E-state index in [-0.39, 0.29) is 17.6 Å². The summed E-state index contributed by atoms with van der Waals surface area (Å²) < 4.78 is 6.98. The van der Waals surface area contributed by atoms with Crippen molar-refractivity contribution in [3.8, 4) is 0 Å². The fourth-order valence-electron chi connectivity index (χ4n) is 2.91. The van der Waals surface area contributed by atoms with Crippen LogP contribution in [-0.2, 0) is 11.3 Å². The predicted molar refractivity (Wildman–Crippen MR) is 87.6 cm³/mol. The van der Waals surface area contributed by atoms with Crippen LogP contribution < -0.4 is 5.56 Å². The maximum Gasteiger partial charge on any atom is 0.275 e. The number of carbonyl (C=O) groups excluding carboxylic acids is 1. The van der Waals surface area contributed by atoms with Crippen molar-refractivity contribution in [2.45, 2.75) is 32.9 Å². The lowest BCUT2D eigenvalue weighted by Crippen LogP contribution is -2.46. The zero-order chi connectivity index (χ0) is 16.4. The summed E-state index contributed by atoms with van der Waals surface area (Å²) in [6, 6.07) is 7.16. The molecule has 0 N–H and O–H groups in total. The monoisotopic (exact) mass is 315 g/mol. The van der Waals surface area contributed by atoms with E-state index in [4.69, 9.17) is 4.74 Å². The zero-order valence-electron chi connectivity index (χ0n) is 13.5. The Hall–Kier alpha value is -2.21. The molecule has 0 saturated carbocycles. The normalized spacial score (nSPS) is 18.3. The maximum absolute atomic E-state index is 12.9. The SMILES string of the molecule is CC[C@H]1CN(C(=O)c2nn(CC)c(=O)c3ccccc23)CCO1. The summed E-state index contributed by atoms with van der Waals surface area (Å²) in [4.78, 5) is 27.1. The second kappa shape index (κ2) is 6.50. The number of benzene rings is 1. The van der Waals surface area contributed by atoms with Gasteiger partial charge in [0.05, 0.1) is 18.1 Å². The molecule has 1 aromatic heterocycles. The fraction of sp³-hybridized carbons (Fsp3) is 0.471. The Labute approximate surface area is 134 Å². The molecule has 0 bridgehead atoms. The Morgan fingerprint density at radius 3 is 2.74 bits per heavy atom. The topological polar surface area (TPSA) is 64.4 Å². The summed E-state index contributed by atoms with van der Waals surface area (Å²) in [5.74, 6) is -0.134. The predicted octanol–water partition coefficient (Wildman–Crippen LogP) is 1.67. The summed E-state index contributed by atoms with van der Waals surface area (Å²) in [5, 5.41) is 5.47. The second-order valence-corrected chi connectivity index (χ2v) is 5.67. The van der Waals surface area contributed by atoms with Gasteiger partial charge in [0.1, 0.15) is 0 Å². The third kappa shape index (κ3) is 2.86. The molecule has 2 heterocycles. The van der Waals surface area contributed by atoms with Crippen LogP contribution in [0.25, 0.3) is 10.8 Å². The van der Waals surface area contributed by atoms with Crippen molar-refractivity contribution in [3.05, 3.63) is 40.3 Å². The fourth-order valence-corrected chi connectivity index (χ4v) is 2.91. The van der Waals surface area contributed by atoms with Crippen LogP contribution in [0.2, 0.25) is 0 Å². The van der Waals surface area contributed by atoms with Gasteiger partial charge in [-0.2, -0.15) is 5.10 Å². The molecule has 1 fully saturated rings. The van der Waals surface area contributed by atoms with Crippen molar-refractivity contribution in [2.75, 3.05) is 19.7 Å². The number of hydrogen-bond donors (Lipinski definition) is 0. The van der Waals surface area contributed by atoms with Crippen molar-refractivity contribution >= 4 is 16.7 Å². The quantitative estimate of drug-likeness (QED) is 0.864. The van der Waals surface area contributed by atoms with E-state index >= 15 is 0 Å². The molecular weight excluding hydrogens is 294 g/mol. The molecular formula is C17H21N3O3. The highest BCUT2D eigenvalue weighted by molar-refractivity contribution is 6.04. The van der Waals surface area contributed by atoms with Gasteiger partial charge in [-0.15, -0.1) is 0 Å². The molecule has 1 atom stereocenters. The summed E-state index contributed by atoms with van der Waals surface area (Å²) in [7, 11) is 0. The van der Waals surface area contributed by atoms with E-state index in [9.17, 15) is 9.59 Å². The maximum atomic E-state index is 12.9. The number of amides is 1. The third-order valence-corrected chi connectivity index (χ3v) is 4.25. The highest BCUT2D eigenvalue weighted by Crippen LogP contribution is 2.17. The van der Waals surface area contributed by atoms with Crippen LogP contribution in [0.15, 0.2) is 29.1 Å². The molecule has 3 rings (SSSR count). The van der Waals surface area contributed by atoms with Gasteiger partial charge in [0.15, 0.2) is 5.69 Å². The molecule has 1 aliphatic rings. The Morgan fingerprint density at radius 1 is 1.30 bits per heavy atom. The highest BCUT2D eigenvalue weighted by atomic mass is 16.5. The van der Waals surface area contributed by atoms with E-state index in [0.29, 0.717) is 42.7 Å². The Balaban J connectivity index is 2.06. The number of fused-ring (bicyclic) bond motifs is 1. The smallest absolute Gasteiger partial charge is 0.275 e. The molecule has 2 aromatic rings. The van der Waals surface area contributed by atoms with Crippen LogP contribution >= 0.6 is 0 Å². The van der Waals surface area contributed by atoms with E-state index in [1.165, 1.54) is 4.68 Å². The molecule has 6 nitrogen and oxygen atoms in total. The summed E-state index contributed by atoms with van der Waals surface area (Å²) in [5.41, 5.74) is 0.187. The molecule has 1 aromatic carbocycles. The van der Waals surface area contributed by atoms with Crippen LogP contribution in [0.3, 0.4) is 0 Å². The first kappa shape index (κ1) is 15.7. The van der Waals surface area contributed by atoms with Gasteiger partial charge < -0.3 is 9.64 Å². The van der Waals surface area contributed by atoms with Gasteiger partial charge in [-0.1, -0.05) is 25.1 Å². The van der Waals surface area contributed by atoms with E-state index in [0.717, 1.165) is 6.42 Å². The van der Waals surface area contributed by atoms with Gasteiger partial charge in [0.25, 0.3) is 11.5 Å². The lowest BCUT2D eigenvalue weighted by Gasteiger charge is -2.32. The van der Waals surface area contributed by atoms with Gasteiger partial charge in [0.2, 0.25) is 0 Å². The number of morpholine rings is 1. The van der Waals surface area contributed by atoms with E-state index < -0.39 is 0 Å². The van der Waals surface area contributed by atoms with Crippen LogP contribution in [0.5, 0.6) is 0 Å². The highest BCUT2D eigenvalue weighted by Gasteiger charge is 2.27. The largest absolute Gasteiger partial charge is 0.375 e. The Bertz CT molecular complexity index is 784. The second-order valence-electron chi connectivity index (χ2n) is 5.67. The number of aryl methyl sites for hydroxylation is 1. The third-order valence-electron chi connectivity index (χ3n) is 4.25. The van der Waals surface area contributed by atoms with Crippen molar-refractivity contribution in [2.24, 2.45) is 0 Å². The number of hydrogen-bond acceptors (Lipinski definition) is 4. The van der Waals surface area contributed by atoms with Crippen LogP contribution in [0, 0.1) is 0 Å². The molecule has 0 aliphatic carbocycles. The van der Waals surface area contributed by atoms with Crippen molar-refractivity contribution in [3.63, 3.8) is 0 Å². The number of aromatic nitrogens is 2. The van der Waals surface area contributed by atoms with Gasteiger partial charge >= 0.3 is 0 Å².